The van der Waals surface area contributed by atoms with Crippen LogP contribution in [-0.4, -0.2) is 12.6 Å². The number of halogens is 2. The van der Waals surface area contributed by atoms with Gasteiger partial charge in [-0.15, -0.1) is 0 Å². The Bertz CT molecular complexity index is 673. The Morgan fingerprint density at radius 2 is 1.95 bits per heavy atom. The van der Waals surface area contributed by atoms with E-state index in [1.807, 2.05) is 0 Å². The maximum absolute atomic E-state index is 13.9. The minimum absolute atomic E-state index is 0.0307. The first-order valence-electron chi connectivity index (χ1n) is 6.98. The monoisotopic (exact) mass is 305 g/mol. The van der Waals surface area contributed by atoms with Crippen LogP contribution < -0.4 is 5.73 Å². The van der Waals surface area contributed by atoms with E-state index in [0.717, 1.165) is 6.07 Å². The van der Waals surface area contributed by atoms with Crippen LogP contribution in [0.15, 0.2) is 42.5 Å². The molecule has 2 aromatic carbocycles. The number of esters is 1. The van der Waals surface area contributed by atoms with Crippen molar-refractivity contribution in [2.24, 2.45) is 5.73 Å². The van der Waals surface area contributed by atoms with Gasteiger partial charge in [-0.25, -0.2) is 8.78 Å². The van der Waals surface area contributed by atoms with Gasteiger partial charge in [-0.05, 0) is 30.2 Å². The van der Waals surface area contributed by atoms with E-state index in [9.17, 15) is 13.6 Å². The summed E-state index contributed by atoms with van der Waals surface area (Å²) < 4.78 is 32.0. The smallest absolute Gasteiger partial charge is 0.307 e. The SMILES string of the molecule is CCOC(=O)CC(N)c1cccc(-c2cccc(F)c2F)c1. The topological polar surface area (TPSA) is 52.3 Å². The van der Waals surface area contributed by atoms with Crippen molar-refractivity contribution in [3.8, 4) is 11.1 Å². The van der Waals surface area contributed by atoms with E-state index in [0.29, 0.717) is 17.7 Å². The molecule has 0 saturated heterocycles. The van der Waals surface area contributed by atoms with E-state index in [2.05, 4.69) is 0 Å². The predicted octanol–water partition coefficient (Wildman–Crippen LogP) is 3.58. The molecule has 0 fully saturated rings. The summed E-state index contributed by atoms with van der Waals surface area (Å²) in [7, 11) is 0. The van der Waals surface area contributed by atoms with Crippen molar-refractivity contribution < 1.29 is 18.3 Å². The predicted molar refractivity (Wildman–Crippen MR) is 80.0 cm³/mol. The molecule has 0 aliphatic carbocycles. The van der Waals surface area contributed by atoms with Crippen molar-refractivity contribution in [1.29, 1.82) is 0 Å². The van der Waals surface area contributed by atoms with Crippen LogP contribution in [-0.2, 0) is 9.53 Å². The molecule has 2 N–H and O–H groups in total. The van der Waals surface area contributed by atoms with Gasteiger partial charge < -0.3 is 10.5 Å². The van der Waals surface area contributed by atoms with Crippen molar-refractivity contribution in [3.05, 3.63) is 59.7 Å². The van der Waals surface area contributed by atoms with Crippen molar-refractivity contribution in [2.45, 2.75) is 19.4 Å². The molecule has 0 heterocycles. The Morgan fingerprint density at radius 3 is 2.68 bits per heavy atom. The molecule has 0 aliphatic heterocycles. The fourth-order valence-electron chi connectivity index (χ4n) is 2.18. The lowest BCUT2D eigenvalue weighted by atomic mass is 9.98. The van der Waals surface area contributed by atoms with Gasteiger partial charge in [-0.3, -0.25) is 4.79 Å². The zero-order chi connectivity index (χ0) is 16.1. The molecule has 5 heteroatoms. The first-order chi connectivity index (χ1) is 10.5. The van der Waals surface area contributed by atoms with Gasteiger partial charge in [0, 0.05) is 11.6 Å². The summed E-state index contributed by atoms with van der Waals surface area (Å²) in [4.78, 5) is 11.5. The summed E-state index contributed by atoms with van der Waals surface area (Å²) in [6, 6.07) is 10.2. The summed E-state index contributed by atoms with van der Waals surface area (Å²) in [5.74, 6) is -2.20. The third-order valence-electron chi connectivity index (χ3n) is 3.27. The van der Waals surface area contributed by atoms with Crippen LogP contribution in [0.5, 0.6) is 0 Å². The summed E-state index contributed by atoms with van der Waals surface area (Å²) >= 11 is 0. The molecule has 0 bridgehead atoms. The number of nitrogens with two attached hydrogens (primary N) is 1. The molecule has 0 saturated carbocycles. The van der Waals surface area contributed by atoms with Crippen LogP contribution in [0.1, 0.15) is 24.9 Å². The van der Waals surface area contributed by atoms with E-state index < -0.39 is 23.6 Å². The second kappa shape index (κ2) is 7.13. The molecule has 1 atom stereocenters. The van der Waals surface area contributed by atoms with Crippen molar-refractivity contribution in [3.63, 3.8) is 0 Å². The van der Waals surface area contributed by atoms with Gasteiger partial charge in [-0.2, -0.15) is 0 Å². The van der Waals surface area contributed by atoms with Crippen molar-refractivity contribution >= 4 is 5.97 Å². The molecule has 0 amide bonds. The second-order valence-electron chi connectivity index (χ2n) is 4.84. The van der Waals surface area contributed by atoms with Crippen LogP contribution in [0.25, 0.3) is 11.1 Å². The fourth-order valence-corrected chi connectivity index (χ4v) is 2.18. The Balaban J connectivity index is 2.26. The molecular weight excluding hydrogens is 288 g/mol. The van der Waals surface area contributed by atoms with Gasteiger partial charge in [-0.1, -0.05) is 30.3 Å². The number of hydrogen-bond acceptors (Lipinski definition) is 3. The highest BCUT2D eigenvalue weighted by Gasteiger charge is 2.15. The minimum atomic E-state index is -0.904. The fraction of sp³-hybridized carbons (Fsp3) is 0.235. The van der Waals surface area contributed by atoms with Crippen LogP contribution in [0.3, 0.4) is 0 Å². The highest BCUT2D eigenvalue weighted by atomic mass is 19.2. The van der Waals surface area contributed by atoms with Crippen LogP contribution in [0.4, 0.5) is 8.78 Å². The molecule has 0 aliphatic rings. The van der Waals surface area contributed by atoms with E-state index in [1.165, 1.54) is 12.1 Å². The van der Waals surface area contributed by atoms with Crippen molar-refractivity contribution in [1.82, 2.24) is 0 Å². The Kier molecular flexibility index (Phi) is 5.22. The quantitative estimate of drug-likeness (QED) is 0.859. The lowest BCUT2D eigenvalue weighted by Crippen LogP contribution is -2.17. The van der Waals surface area contributed by atoms with Crippen molar-refractivity contribution in [2.75, 3.05) is 6.61 Å². The lowest BCUT2D eigenvalue weighted by molar-refractivity contribution is -0.143. The third kappa shape index (κ3) is 3.68. The van der Waals surface area contributed by atoms with Gasteiger partial charge in [0.15, 0.2) is 11.6 Å². The number of ether oxygens (including phenoxy) is 1. The molecule has 2 rings (SSSR count). The zero-order valence-electron chi connectivity index (χ0n) is 12.2. The van der Waals surface area contributed by atoms with Gasteiger partial charge >= 0.3 is 5.97 Å². The molecule has 0 spiro atoms. The average molecular weight is 305 g/mol. The molecule has 116 valence electrons. The summed E-state index contributed by atoms with van der Waals surface area (Å²) in [5.41, 5.74) is 7.30. The molecule has 1 unspecified atom stereocenters. The standard InChI is InChI=1S/C17H17F2NO2/c1-2-22-16(21)10-15(20)12-6-3-5-11(9-12)13-7-4-8-14(18)17(13)19/h3-9,15H,2,10,20H2,1H3. The Hall–Kier alpha value is -2.27. The number of carbonyl (C=O) groups is 1. The first-order valence-corrected chi connectivity index (χ1v) is 6.98. The van der Waals surface area contributed by atoms with Crippen LogP contribution in [0.2, 0.25) is 0 Å². The minimum Gasteiger partial charge on any atom is -0.466 e. The van der Waals surface area contributed by atoms with Crippen LogP contribution >= 0.6 is 0 Å². The highest BCUT2D eigenvalue weighted by molar-refractivity contribution is 5.71. The summed E-state index contributed by atoms with van der Waals surface area (Å²) in [6.07, 6.45) is 0.0307. The van der Waals surface area contributed by atoms with E-state index in [1.54, 1.807) is 31.2 Å². The number of rotatable bonds is 5. The van der Waals surface area contributed by atoms with Gasteiger partial charge in [0.2, 0.25) is 0 Å². The van der Waals surface area contributed by atoms with Gasteiger partial charge in [0.1, 0.15) is 0 Å². The largest absolute Gasteiger partial charge is 0.466 e. The van der Waals surface area contributed by atoms with E-state index >= 15 is 0 Å². The maximum atomic E-state index is 13.9. The zero-order valence-corrected chi connectivity index (χ0v) is 12.2. The molecule has 2 aromatic rings. The highest BCUT2D eigenvalue weighted by Crippen LogP contribution is 2.27. The third-order valence-corrected chi connectivity index (χ3v) is 3.27. The first kappa shape index (κ1) is 16.1. The van der Waals surface area contributed by atoms with Gasteiger partial charge in [0.05, 0.1) is 13.0 Å². The molecule has 0 radical (unpaired) electrons. The van der Waals surface area contributed by atoms with Crippen LogP contribution in [0, 0.1) is 11.6 Å². The molecule has 22 heavy (non-hydrogen) atoms. The molecular formula is C17H17F2NO2. The number of hydrogen-bond donors (Lipinski definition) is 1. The Morgan fingerprint density at radius 1 is 1.23 bits per heavy atom. The second-order valence-corrected chi connectivity index (χ2v) is 4.84. The van der Waals surface area contributed by atoms with E-state index in [4.69, 9.17) is 10.5 Å². The maximum Gasteiger partial charge on any atom is 0.307 e. The van der Waals surface area contributed by atoms with Gasteiger partial charge in [0.25, 0.3) is 0 Å². The van der Waals surface area contributed by atoms with E-state index in [-0.39, 0.29) is 12.0 Å². The molecule has 3 nitrogen and oxygen atoms in total. The number of carbonyl (C=O) groups excluding carboxylic acids is 1. The molecule has 0 aromatic heterocycles. The lowest BCUT2D eigenvalue weighted by Gasteiger charge is -2.13. The average Bonchev–Trinajstić information content (AvgIpc) is 2.50. The summed E-state index contributed by atoms with van der Waals surface area (Å²) in [6.45, 7) is 2.01. The summed E-state index contributed by atoms with van der Waals surface area (Å²) in [5, 5.41) is 0. The number of benzene rings is 2. The normalized spacial score (nSPS) is 12.0. The Labute approximate surface area is 127 Å².